The number of hydrogen-bond donors (Lipinski definition) is 0. The lowest BCUT2D eigenvalue weighted by Gasteiger charge is -2.17. The van der Waals surface area contributed by atoms with Crippen molar-refractivity contribution in [3.63, 3.8) is 0 Å². The molecule has 23 heavy (non-hydrogen) atoms. The first kappa shape index (κ1) is 16.7. The van der Waals surface area contributed by atoms with Gasteiger partial charge in [-0.05, 0) is 47.9 Å². The summed E-state index contributed by atoms with van der Waals surface area (Å²) in [5, 5.41) is 9.62. The van der Waals surface area contributed by atoms with Gasteiger partial charge in [0.2, 0.25) is 0 Å². The SMILES string of the molecule is COc1ccc(OC)c(CC(C#N)c2cccc(N(C)C)c2)c1. The largest absolute Gasteiger partial charge is 0.497 e. The number of ether oxygens (including phenoxy) is 2. The van der Waals surface area contributed by atoms with Crippen molar-refractivity contribution in [2.45, 2.75) is 12.3 Å². The minimum Gasteiger partial charge on any atom is -0.497 e. The van der Waals surface area contributed by atoms with Crippen molar-refractivity contribution in [3.05, 3.63) is 53.6 Å². The Balaban J connectivity index is 2.33. The van der Waals surface area contributed by atoms with Gasteiger partial charge in [0.1, 0.15) is 11.5 Å². The number of rotatable bonds is 6. The lowest BCUT2D eigenvalue weighted by Crippen LogP contribution is -2.10. The number of benzene rings is 2. The third-order valence-corrected chi connectivity index (χ3v) is 3.86. The van der Waals surface area contributed by atoms with Gasteiger partial charge in [-0.15, -0.1) is 0 Å². The van der Waals surface area contributed by atoms with Crippen molar-refractivity contribution in [3.8, 4) is 17.6 Å². The van der Waals surface area contributed by atoms with Crippen LogP contribution < -0.4 is 14.4 Å². The van der Waals surface area contributed by atoms with E-state index in [4.69, 9.17) is 9.47 Å². The Morgan fingerprint density at radius 3 is 2.48 bits per heavy atom. The van der Waals surface area contributed by atoms with E-state index >= 15 is 0 Å². The Hall–Kier alpha value is -2.67. The first-order valence-electron chi connectivity index (χ1n) is 7.46. The second-order valence-electron chi connectivity index (χ2n) is 5.55. The average Bonchev–Trinajstić information content (AvgIpc) is 2.59. The van der Waals surface area contributed by atoms with Crippen LogP contribution in [0.15, 0.2) is 42.5 Å². The average molecular weight is 310 g/mol. The van der Waals surface area contributed by atoms with Crippen LogP contribution in [-0.2, 0) is 6.42 Å². The highest BCUT2D eigenvalue weighted by Crippen LogP contribution is 2.30. The highest BCUT2D eigenvalue weighted by Gasteiger charge is 2.16. The molecule has 4 heteroatoms. The zero-order valence-electron chi connectivity index (χ0n) is 14.0. The molecule has 0 fully saturated rings. The summed E-state index contributed by atoms with van der Waals surface area (Å²) in [5.74, 6) is 1.30. The van der Waals surface area contributed by atoms with Crippen LogP contribution >= 0.6 is 0 Å². The van der Waals surface area contributed by atoms with Crippen molar-refractivity contribution in [1.29, 1.82) is 5.26 Å². The molecule has 0 aromatic heterocycles. The monoisotopic (exact) mass is 310 g/mol. The van der Waals surface area contributed by atoms with Crippen LogP contribution in [0.5, 0.6) is 11.5 Å². The van der Waals surface area contributed by atoms with Crippen molar-refractivity contribution >= 4 is 5.69 Å². The molecule has 0 N–H and O–H groups in total. The van der Waals surface area contributed by atoms with Crippen LogP contribution in [0.4, 0.5) is 5.69 Å². The molecule has 2 aromatic rings. The predicted molar refractivity (Wildman–Crippen MR) is 92.4 cm³/mol. The maximum atomic E-state index is 9.62. The zero-order chi connectivity index (χ0) is 16.8. The van der Waals surface area contributed by atoms with Crippen LogP contribution in [0.1, 0.15) is 17.0 Å². The second kappa shape index (κ2) is 7.55. The molecule has 120 valence electrons. The van der Waals surface area contributed by atoms with Gasteiger partial charge in [0.05, 0.1) is 26.2 Å². The van der Waals surface area contributed by atoms with Gasteiger partial charge in [-0.25, -0.2) is 0 Å². The van der Waals surface area contributed by atoms with Crippen LogP contribution in [0, 0.1) is 11.3 Å². The van der Waals surface area contributed by atoms with E-state index in [2.05, 4.69) is 12.1 Å². The first-order valence-corrected chi connectivity index (χ1v) is 7.46. The van der Waals surface area contributed by atoms with E-state index in [0.717, 1.165) is 28.3 Å². The molecule has 0 amide bonds. The molecule has 0 aliphatic carbocycles. The topological polar surface area (TPSA) is 45.5 Å². The Kier molecular flexibility index (Phi) is 5.48. The molecule has 4 nitrogen and oxygen atoms in total. The molecule has 0 radical (unpaired) electrons. The molecule has 0 aliphatic heterocycles. The molecule has 0 bridgehead atoms. The van der Waals surface area contributed by atoms with Gasteiger partial charge in [-0.2, -0.15) is 5.26 Å². The third-order valence-electron chi connectivity index (χ3n) is 3.86. The van der Waals surface area contributed by atoms with Crippen molar-refractivity contribution in [2.24, 2.45) is 0 Å². The van der Waals surface area contributed by atoms with Gasteiger partial charge in [-0.1, -0.05) is 12.1 Å². The van der Waals surface area contributed by atoms with Crippen LogP contribution in [0.25, 0.3) is 0 Å². The maximum absolute atomic E-state index is 9.62. The molecule has 0 spiro atoms. The van der Waals surface area contributed by atoms with Crippen LogP contribution in [0.3, 0.4) is 0 Å². The van der Waals surface area contributed by atoms with E-state index in [1.54, 1.807) is 14.2 Å². The molecule has 0 aliphatic rings. The smallest absolute Gasteiger partial charge is 0.122 e. The van der Waals surface area contributed by atoms with Crippen LogP contribution in [-0.4, -0.2) is 28.3 Å². The van der Waals surface area contributed by atoms with Gasteiger partial charge in [0, 0.05) is 19.8 Å². The molecule has 0 saturated heterocycles. The van der Waals surface area contributed by atoms with E-state index in [1.165, 1.54) is 0 Å². The van der Waals surface area contributed by atoms with E-state index < -0.39 is 0 Å². The van der Waals surface area contributed by atoms with Crippen molar-refractivity contribution < 1.29 is 9.47 Å². The fraction of sp³-hybridized carbons (Fsp3) is 0.316. The predicted octanol–water partition coefficient (Wildman–Crippen LogP) is 3.62. The molecule has 1 unspecified atom stereocenters. The lowest BCUT2D eigenvalue weighted by atomic mass is 9.92. The highest BCUT2D eigenvalue weighted by molar-refractivity contribution is 5.50. The van der Waals surface area contributed by atoms with E-state index in [0.29, 0.717) is 6.42 Å². The van der Waals surface area contributed by atoms with Crippen molar-refractivity contribution in [2.75, 3.05) is 33.2 Å². The normalized spacial score (nSPS) is 11.4. The quantitative estimate of drug-likeness (QED) is 0.817. The minimum absolute atomic E-state index is 0.240. The fourth-order valence-corrected chi connectivity index (χ4v) is 2.52. The highest BCUT2D eigenvalue weighted by atomic mass is 16.5. The summed E-state index contributed by atoms with van der Waals surface area (Å²) in [5.41, 5.74) is 3.05. The Morgan fingerprint density at radius 2 is 1.87 bits per heavy atom. The standard InChI is InChI=1S/C19H22N2O2/c1-21(2)17-7-5-6-14(11-17)16(13-20)10-15-12-18(22-3)8-9-19(15)23-4/h5-9,11-12,16H,10H2,1-4H3. The number of nitrogens with zero attached hydrogens (tertiary/aromatic N) is 2. The minimum atomic E-state index is -0.240. The van der Waals surface area contributed by atoms with Crippen LogP contribution in [0.2, 0.25) is 0 Å². The summed E-state index contributed by atoms with van der Waals surface area (Å²) in [7, 11) is 7.25. The maximum Gasteiger partial charge on any atom is 0.122 e. The van der Waals surface area contributed by atoms with E-state index in [9.17, 15) is 5.26 Å². The Labute approximate surface area is 137 Å². The molecular formula is C19H22N2O2. The first-order chi connectivity index (χ1) is 11.1. The van der Waals surface area contributed by atoms with Gasteiger partial charge >= 0.3 is 0 Å². The fourth-order valence-electron chi connectivity index (χ4n) is 2.52. The van der Waals surface area contributed by atoms with E-state index in [-0.39, 0.29) is 5.92 Å². The molecule has 0 saturated carbocycles. The second-order valence-corrected chi connectivity index (χ2v) is 5.55. The molecular weight excluding hydrogens is 288 g/mol. The summed E-state index contributed by atoms with van der Waals surface area (Å²) in [4.78, 5) is 2.03. The summed E-state index contributed by atoms with van der Waals surface area (Å²) < 4.78 is 10.7. The summed E-state index contributed by atoms with van der Waals surface area (Å²) in [6.07, 6.45) is 0.577. The van der Waals surface area contributed by atoms with Gasteiger partial charge in [-0.3, -0.25) is 0 Å². The Bertz CT molecular complexity index is 705. The van der Waals surface area contributed by atoms with Gasteiger partial charge in [0.25, 0.3) is 0 Å². The lowest BCUT2D eigenvalue weighted by molar-refractivity contribution is 0.398. The molecule has 0 heterocycles. The van der Waals surface area contributed by atoms with Crippen molar-refractivity contribution in [1.82, 2.24) is 0 Å². The zero-order valence-corrected chi connectivity index (χ0v) is 14.0. The summed E-state index contributed by atoms with van der Waals surface area (Å²) >= 11 is 0. The third kappa shape index (κ3) is 3.95. The number of hydrogen-bond acceptors (Lipinski definition) is 4. The summed E-state index contributed by atoms with van der Waals surface area (Å²) in [6, 6.07) is 16.1. The summed E-state index contributed by atoms with van der Waals surface area (Å²) in [6.45, 7) is 0. The van der Waals surface area contributed by atoms with E-state index in [1.807, 2.05) is 55.4 Å². The molecule has 1 atom stereocenters. The number of methoxy groups -OCH3 is 2. The number of anilines is 1. The molecule has 2 rings (SSSR count). The Morgan fingerprint density at radius 1 is 1.09 bits per heavy atom. The van der Waals surface area contributed by atoms with Gasteiger partial charge in [0.15, 0.2) is 0 Å². The number of nitriles is 1. The molecule has 2 aromatic carbocycles. The van der Waals surface area contributed by atoms with Gasteiger partial charge < -0.3 is 14.4 Å².